The zero-order chi connectivity index (χ0) is 21.2. The van der Waals surface area contributed by atoms with Gasteiger partial charge in [-0.2, -0.15) is 4.31 Å². The van der Waals surface area contributed by atoms with E-state index in [2.05, 4.69) is 8.83 Å². The van der Waals surface area contributed by atoms with Crippen molar-refractivity contribution < 1.29 is 42.5 Å². The molecule has 0 spiro atoms. The van der Waals surface area contributed by atoms with E-state index >= 15 is 0 Å². The Kier molecular flexibility index (Phi) is 10.3. The molecule has 28 heavy (non-hydrogen) atoms. The minimum Gasteiger partial charge on any atom is -0.489 e. The highest BCUT2D eigenvalue weighted by Gasteiger charge is 2.31. The van der Waals surface area contributed by atoms with Gasteiger partial charge in [0, 0.05) is 0 Å². The van der Waals surface area contributed by atoms with Crippen molar-refractivity contribution in [2.45, 2.75) is 33.3 Å². The summed E-state index contributed by atoms with van der Waals surface area (Å²) in [6.45, 7) is 3.85. The largest absolute Gasteiger partial charge is 0.489 e. The molecule has 0 aliphatic rings. The van der Waals surface area contributed by atoms with E-state index in [9.17, 15) is 9.13 Å². The number of phosphoric acid groups is 2. The van der Waals surface area contributed by atoms with Gasteiger partial charge in [0.05, 0.1) is 13.2 Å². The molecule has 0 aliphatic heterocycles. The van der Waals surface area contributed by atoms with E-state index in [1.807, 2.05) is 13.0 Å². The maximum atomic E-state index is 11.3. The number of rotatable bonds is 12. The van der Waals surface area contributed by atoms with E-state index in [1.165, 1.54) is 6.08 Å². The second-order valence-corrected chi connectivity index (χ2v) is 8.90. The summed E-state index contributed by atoms with van der Waals surface area (Å²) in [5, 5.41) is 9.00. The van der Waals surface area contributed by atoms with Gasteiger partial charge < -0.3 is 24.5 Å². The maximum absolute atomic E-state index is 11.3. The van der Waals surface area contributed by atoms with Gasteiger partial charge >= 0.3 is 15.6 Å². The van der Waals surface area contributed by atoms with Gasteiger partial charge in [0.15, 0.2) is 0 Å². The molecule has 1 atom stereocenters. The van der Waals surface area contributed by atoms with Crippen LogP contribution in [0.2, 0.25) is 0 Å². The van der Waals surface area contributed by atoms with E-state index in [0.29, 0.717) is 18.8 Å². The Morgan fingerprint density at radius 2 is 1.68 bits per heavy atom. The van der Waals surface area contributed by atoms with Crippen LogP contribution in [0.3, 0.4) is 0 Å². The Labute approximate surface area is 164 Å². The highest BCUT2D eigenvalue weighted by atomic mass is 31.3. The Hall–Kier alpha value is -1.28. The lowest BCUT2D eigenvalue weighted by molar-refractivity contribution is 0.191. The number of hydrogen-bond acceptors (Lipinski definition) is 6. The first-order valence-corrected chi connectivity index (χ1v) is 11.4. The third kappa shape index (κ3) is 11.5. The lowest BCUT2D eigenvalue weighted by Gasteiger charge is -2.11. The summed E-state index contributed by atoms with van der Waals surface area (Å²) in [6.07, 6.45) is 4.93. The third-order valence-corrected chi connectivity index (χ3v) is 5.63. The zero-order valence-corrected chi connectivity index (χ0v) is 17.5. The van der Waals surface area contributed by atoms with Crippen LogP contribution >= 0.6 is 15.6 Å². The van der Waals surface area contributed by atoms with Crippen molar-refractivity contribution in [3.8, 4) is 5.75 Å². The topological polar surface area (TPSA) is 143 Å². The highest BCUT2D eigenvalue weighted by Crippen LogP contribution is 2.57. The lowest BCUT2D eigenvalue weighted by Crippen LogP contribution is -1.99. The summed E-state index contributed by atoms with van der Waals surface area (Å²) in [5.74, 6) is 0.712. The Morgan fingerprint density at radius 1 is 1.04 bits per heavy atom. The Morgan fingerprint density at radius 3 is 2.25 bits per heavy atom. The number of aliphatic hydroxyl groups excluding tert-OH is 1. The van der Waals surface area contributed by atoms with Gasteiger partial charge in [-0.25, -0.2) is 9.13 Å². The summed E-state index contributed by atoms with van der Waals surface area (Å²) in [7, 11) is -9.91. The second kappa shape index (κ2) is 11.7. The van der Waals surface area contributed by atoms with Crippen LogP contribution in [0.25, 0.3) is 0 Å². The predicted octanol–water partition coefficient (Wildman–Crippen LogP) is 3.46. The van der Waals surface area contributed by atoms with Crippen molar-refractivity contribution in [2.24, 2.45) is 0 Å². The molecule has 0 radical (unpaired) electrons. The normalized spacial score (nSPS) is 15.4. The van der Waals surface area contributed by atoms with Crippen LogP contribution in [0.5, 0.6) is 5.75 Å². The molecule has 0 heterocycles. The van der Waals surface area contributed by atoms with Crippen molar-refractivity contribution in [3.05, 3.63) is 53.1 Å². The standard InChI is InChI=1S/C17H26O9P2/c1-14(10-11-25-28(22,23)26-27(19,20)21)4-3-5-15(2)13-24-17-8-6-16(12-18)7-9-17/h5-10,18H,3-4,11-13H2,1-2H3,(H,22,23)(H2,19,20,21)/b14-10+,15-5+. The molecule has 0 aromatic heterocycles. The third-order valence-electron chi connectivity index (χ3n) is 3.48. The highest BCUT2D eigenvalue weighted by molar-refractivity contribution is 7.60. The minimum atomic E-state index is -5.10. The van der Waals surface area contributed by atoms with Gasteiger partial charge in [-0.05, 0) is 50.0 Å². The molecule has 1 unspecified atom stereocenters. The van der Waals surface area contributed by atoms with Gasteiger partial charge in [0.2, 0.25) is 0 Å². The van der Waals surface area contributed by atoms with Crippen LogP contribution in [-0.4, -0.2) is 33.0 Å². The van der Waals surface area contributed by atoms with Crippen molar-refractivity contribution >= 4 is 15.6 Å². The second-order valence-electron chi connectivity index (χ2n) is 6.07. The van der Waals surface area contributed by atoms with Crippen molar-refractivity contribution in [2.75, 3.05) is 13.2 Å². The fraction of sp³-hybridized carbons (Fsp3) is 0.412. The van der Waals surface area contributed by atoms with Gasteiger partial charge in [-0.1, -0.05) is 29.9 Å². The van der Waals surface area contributed by atoms with Gasteiger partial charge in [-0.3, -0.25) is 4.52 Å². The van der Waals surface area contributed by atoms with Gasteiger partial charge in [0.1, 0.15) is 12.4 Å². The fourth-order valence-corrected chi connectivity index (χ4v) is 3.55. The number of phosphoric ester groups is 1. The molecule has 11 heteroatoms. The predicted molar refractivity (Wildman–Crippen MR) is 104 cm³/mol. The molecule has 0 aliphatic carbocycles. The molecule has 1 aromatic rings. The lowest BCUT2D eigenvalue weighted by atomic mass is 10.1. The number of allylic oxidation sites excluding steroid dienone is 2. The van der Waals surface area contributed by atoms with Crippen molar-refractivity contribution in [3.63, 3.8) is 0 Å². The zero-order valence-electron chi connectivity index (χ0n) is 15.7. The van der Waals surface area contributed by atoms with Crippen molar-refractivity contribution in [1.82, 2.24) is 0 Å². The molecule has 0 bridgehead atoms. The number of hydrogen-bond donors (Lipinski definition) is 4. The van der Waals surface area contributed by atoms with Gasteiger partial charge in [-0.15, -0.1) is 0 Å². The molecule has 4 N–H and O–H groups in total. The molecular formula is C17H26O9P2. The SMILES string of the molecule is C/C(=C\COP(=O)(O)OP(=O)(O)O)CC/C=C(\C)COc1ccc(CO)cc1. The Bertz CT molecular complexity index is 765. The van der Waals surface area contributed by atoms with Crippen LogP contribution in [0.4, 0.5) is 0 Å². The number of aliphatic hydroxyl groups is 1. The average Bonchev–Trinajstić information content (AvgIpc) is 2.58. The molecule has 0 amide bonds. The van der Waals surface area contributed by atoms with Crippen LogP contribution < -0.4 is 4.74 Å². The van der Waals surface area contributed by atoms with Crippen LogP contribution in [0.15, 0.2) is 47.6 Å². The molecule has 158 valence electrons. The number of ether oxygens (including phenoxy) is 1. The van der Waals surface area contributed by atoms with Crippen LogP contribution in [0, 0.1) is 0 Å². The first-order valence-electron chi connectivity index (χ1n) is 8.39. The van der Waals surface area contributed by atoms with E-state index < -0.39 is 15.6 Å². The van der Waals surface area contributed by atoms with Crippen molar-refractivity contribution in [1.29, 1.82) is 0 Å². The summed E-state index contributed by atoms with van der Waals surface area (Å²) in [5.41, 5.74) is 2.72. The fourth-order valence-electron chi connectivity index (χ4n) is 2.03. The summed E-state index contributed by atoms with van der Waals surface area (Å²) in [6, 6.07) is 7.17. The first-order chi connectivity index (χ1) is 13.0. The molecule has 0 fully saturated rings. The maximum Gasteiger partial charge on any atom is 0.481 e. The van der Waals surface area contributed by atoms with E-state index in [4.69, 9.17) is 24.5 Å². The van der Waals surface area contributed by atoms with Crippen LogP contribution in [-0.2, 0) is 24.6 Å². The molecule has 0 saturated carbocycles. The molecule has 1 rings (SSSR count). The molecule has 9 nitrogen and oxygen atoms in total. The smallest absolute Gasteiger partial charge is 0.481 e. The van der Waals surface area contributed by atoms with Gasteiger partial charge in [0.25, 0.3) is 0 Å². The minimum absolute atomic E-state index is 0.0102. The quantitative estimate of drug-likeness (QED) is 0.286. The Balaban J connectivity index is 2.34. The first kappa shape index (κ1) is 24.8. The summed E-state index contributed by atoms with van der Waals surface area (Å²) in [4.78, 5) is 26.2. The summed E-state index contributed by atoms with van der Waals surface area (Å²) >= 11 is 0. The molecule has 0 saturated heterocycles. The van der Waals surface area contributed by atoms with E-state index in [-0.39, 0.29) is 13.2 Å². The monoisotopic (exact) mass is 436 g/mol. The van der Waals surface area contributed by atoms with E-state index in [1.54, 1.807) is 31.2 Å². The number of benzene rings is 1. The molecule has 1 aromatic carbocycles. The van der Waals surface area contributed by atoms with E-state index in [0.717, 1.165) is 23.1 Å². The molecular weight excluding hydrogens is 410 g/mol. The summed E-state index contributed by atoms with van der Waals surface area (Å²) < 4.78 is 35.6. The average molecular weight is 436 g/mol. The van der Waals surface area contributed by atoms with Crippen LogP contribution in [0.1, 0.15) is 32.3 Å².